The highest BCUT2D eigenvalue weighted by molar-refractivity contribution is 4.81. The van der Waals surface area contributed by atoms with Crippen LogP contribution in [0.3, 0.4) is 0 Å². The maximum atomic E-state index is 11.8. The van der Waals surface area contributed by atoms with Crippen LogP contribution in [0.2, 0.25) is 0 Å². The molecule has 96 valence electrons. The molecule has 1 aliphatic rings. The molecule has 0 aromatic heterocycles. The SMILES string of the molecule is CC1(C)CCC(NCCOCC(F)F)CC1. The summed E-state index contributed by atoms with van der Waals surface area (Å²) in [5.41, 5.74) is 0.477. The van der Waals surface area contributed by atoms with Gasteiger partial charge in [0.1, 0.15) is 6.61 Å². The Kier molecular flexibility index (Phi) is 5.62. The average molecular weight is 235 g/mol. The third kappa shape index (κ3) is 5.75. The van der Waals surface area contributed by atoms with Gasteiger partial charge in [0.25, 0.3) is 6.43 Å². The molecule has 0 bridgehead atoms. The number of nitrogens with one attached hydrogen (secondary N) is 1. The van der Waals surface area contributed by atoms with Crippen molar-refractivity contribution in [3.63, 3.8) is 0 Å². The summed E-state index contributed by atoms with van der Waals surface area (Å²) in [4.78, 5) is 0. The van der Waals surface area contributed by atoms with E-state index in [9.17, 15) is 8.78 Å². The van der Waals surface area contributed by atoms with Crippen molar-refractivity contribution in [1.29, 1.82) is 0 Å². The van der Waals surface area contributed by atoms with Crippen LogP contribution in [-0.2, 0) is 4.74 Å². The quantitative estimate of drug-likeness (QED) is 0.715. The molecule has 1 rings (SSSR count). The van der Waals surface area contributed by atoms with E-state index in [0.29, 0.717) is 24.6 Å². The summed E-state index contributed by atoms with van der Waals surface area (Å²) in [5, 5.41) is 3.36. The van der Waals surface area contributed by atoms with Gasteiger partial charge in [-0.25, -0.2) is 8.78 Å². The summed E-state index contributed by atoms with van der Waals surface area (Å²) >= 11 is 0. The highest BCUT2D eigenvalue weighted by Gasteiger charge is 2.26. The van der Waals surface area contributed by atoms with Crippen LogP contribution in [-0.4, -0.2) is 32.2 Å². The van der Waals surface area contributed by atoms with Gasteiger partial charge in [0.2, 0.25) is 0 Å². The van der Waals surface area contributed by atoms with Crippen molar-refractivity contribution in [1.82, 2.24) is 5.32 Å². The van der Waals surface area contributed by atoms with Crippen molar-refractivity contribution in [3.8, 4) is 0 Å². The Hall–Kier alpha value is -0.220. The lowest BCUT2D eigenvalue weighted by atomic mass is 9.75. The van der Waals surface area contributed by atoms with Crippen molar-refractivity contribution in [2.75, 3.05) is 19.8 Å². The van der Waals surface area contributed by atoms with E-state index in [1.165, 1.54) is 25.7 Å². The van der Waals surface area contributed by atoms with Crippen LogP contribution in [0.5, 0.6) is 0 Å². The van der Waals surface area contributed by atoms with E-state index in [2.05, 4.69) is 19.2 Å². The van der Waals surface area contributed by atoms with E-state index < -0.39 is 13.0 Å². The molecule has 0 saturated heterocycles. The molecule has 2 nitrogen and oxygen atoms in total. The van der Waals surface area contributed by atoms with Crippen molar-refractivity contribution < 1.29 is 13.5 Å². The fourth-order valence-electron chi connectivity index (χ4n) is 2.11. The highest BCUT2D eigenvalue weighted by Crippen LogP contribution is 2.34. The molecule has 0 heterocycles. The lowest BCUT2D eigenvalue weighted by Crippen LogP contribution is -2.37. The number of hydrogen-bond acceptors (Lipinski definition) is 2. The Morgan fingerprint density at radius 3 is 2.50 bits per heavy atom. The zero-order chi connectivity index (χ0) is 12.0. The van der Waals surface area contributed by atoms with E-state index in [0.717, 1.165) is 0 Å². The van der Waals surface area contributed by atoms with Crippen molar-refractivity contribution in [3.05, 3.63) is 0 Å². The van der Waals surface area contributed by atoms with E-state index in [-0.39, 0.29) is 0 Å². The van der Waals surface area contributed by atoms with Gasteiger partial charge in [-0.2, -0.15) is 0 Å². The van der Waals surface area contributed by atoms with Crippen LogP contribution in [0, 0.1) is 5.41 Å². The highest BCUT2D eigenvalue weighted by atomic mass is 19.3. The third-order valence-corrected chi connectivity index (χ3v) is 3.26. The molecular formula is C12H23F2NO. The molecule has 4 heteroatoms. The van der Waals surface area contributed by atoms with E-state index in [1.54, 1.807) is 0 Å². The van der Waals surface area contributed by atoms with Crippen molar-refractivity contribution >= 4 is 0 Å². The molecule has 1 aliphatic carbocycles. The number of hydrogen-bond donors (Lipinski definition) is 1. The summed E-state index contributed by atoms with van der Waals surface area (Å²) in [6, 6.07) is 0.545. The average Bonchev–Trinajstić information content (AvgIpc) is 2.19. The van der Waals surface area contributed by atoms with Crippen LogP contribution < -0.4 is 5.32 Å². The van der Waals surface area contributed by atoms with Crippen LogP contribution in [0.4, 0.5) is 8.78 Å². The largest absolute Gasteiger partial charge is 0.374 e. The van der Waals surface area contributed by atoms with Crippen molar-refractivity contribution in [2.24, 2.45) is 5.41 Å². The first-order valence-corrected chi connectivity index (χ1v) is 6.09. The minimum atomic E-state index is -2.35. The summed E-state index contributed by atoms with van der Waals surface area (Å²) in [5.74, 6) is 0. The van der Waals surface area contributed by atoms with Gasteiger partial charge in [-0.1, -0.05) is 13.8 Å². The molecule has 0 atom stereocenters. The molecule has 0 radical (unpaired) electrons. The predicted molar refractivity (Wildman–Crippen MR) is 60.9 cm³/mol. The maximum Gasteiger partial charge on any atom is 0.261 e. The van der Waals surface area contributed by atoms with Crippen LogP contribution in [0.25, 0.3) is 0 Å². The van der Waals surface area contributed by atoms with E-state index in [1.807, 2.05) is 0 Å². The predicted octanol–water partition coefficient (Wildman–Crippen LogP) is 2.83. The lowest BCUT2D eigenvalue weighted by molar-refractivity contribution is 0.0176. The fourth-order valence-corrected chi connectivity index (χ4v) is 2.11. The first-order chi connectivity index (χ1) is 7.49. The van der Waals surface area contributed by atoms with E-state index in [4.69, 9.17) is 4.74 Å². The molecule has 0 aliphatic heterocycles. The molecule has 1 fully saturated rings. The Morgan fingerprint density at radius 1 is 1.31 bits per heavy atom. The lowest BCUT2D eigenvalue weighted by Gasteiger charge is -2.34. The number of alkyl halides is 2. The van der Waals surface area contributed by atoms with Crippen LogP contribution in [0.1, 0.15) is 39.5 Å². The van der Waals surface area contributed by atoms with Gasteiger partial charge in [0.05, 0.1) is 6.61 Å². The van der Waals surface area contributed by atoms with Gasteiger partial charge < -0.3 is 10.1 Å². The smallest absolute Gasteiger partial charge is 0.261 e. The second-order valence-electron chi connectivity index (χ2n) is 5.36. The molecular weight excluding hydrogens is 212 g/mol. The molecule has 1 N–H and O–H groups in total. The van der Waals surface area contributed by atoms with Gasteiger partial charge in [0.15, 0.2) is 0 Å². The number of ether oxygens (including phenoxy) is 1. The zero-order valence-electron chi connectivity index (χ0n) is 10.3. The van der Waals surface area contributed by atoms with E-state index >= 15 is 0 Å². The van der Waals surface area contributed by atoms with Crippen LogP contribution >= 0.6 is 0 Å². The van der Waals surface area contributed by atoms with Gasteiger partial charge in [-0.3, -0.25) is 0 Å². The van der Waals surface area contributed by atoms with Gasteiger partial charge in [-0.05, 0) is 31.1 Å². The standard InChI is InChI=1S/C12H23F2NO/c1-12(2)5-3-10(4-6-12)15-7-8-16-9-11(13)14/h10-11,15H,3-9H2,1-2H3. The monoisotopic (exact) mass is 235 g/mol. The fraction of sp³-hybridized carbons (Fsp3) is 1.00. The Labute approximate surface area is 96.7 Å². The summed E-state index contributed by atoms with van der Waals surface area (Å²) < 4.78 is 28.3. The normalized spacial score (nSPS) is 21.6. The summed E-state index contributed by atoms with van der Waals surface area (Å²) in [6.07, 6.45) is 2.49. The molecule has 0 unspecified atom stereocenters. The summed E-state index contributed by atoms with van der Waals surface area (Å²) in [6.45, 7) is 5.21. The minimum absolute atomic E-state index is 0.379. The Balaban J connectivity index is 1.98. The first-order valence-electron chi connectivity index (χ1n) is 6.09. The van der Waals surface area contributed by atoms with Gasteiger partial charge in [-0.15, -0.1) is 0 Å². The second kappa shape index (κ2) is 6.50. The van der Waals surface area contributed by atoms with Crippen LogP contribution in [0.15, 0.2) is 0 Å². The Morgan fingerprint density at radius 2 is 1.94 bits per heavy atom. The van der Waals surface area contributed by atoms with Gasteiger partial charge >= 0.3 is 0 Å². The zero-order valence-corrected chi connectivity index (χ0v) is 10.3. The summed E-state index contributed by atoms with van der Waals surface area (Å²) in [7, 11) is 0. The molecule has 0 amide bonds. The third-order valence-electron chi connectivity index (χ3n) is 3.26. The Bertz CT molecular complexity index is 187. The second-order valence-corrected chi connectivity index (χ2v) is 5.36. The molecule has 0 aromatic carbocycles. The maximum absolute atomic E-state index is 11.8. The molecule has 0 spiro atoms. The van der Waals surface area contributed by atoms with Crippen molar-refractivity contribution in [2.45, 2.75) is 52.0 Å². The number of rotatable bonds is 6. The number of halogens is 2. The van der Waals surface area contributed by atoms with Gasteiger partial charge in [0, 0.05) is 12.6 Å². The molecule has 16 heavy (non-hydrogen) atoms. The first kappa shape index (κ1) is 13.8. The molecule has 0 aromatic rings. The molecule has 1 saturated carbocycles. The topological polar surface area (TPSA) is 21.3 Å². The minimum Gasteiger partial charge on any atom is -0.374 e.